The van der Waals surface area contributed by atoms with Crippen LogP contribution < -0.4 is 10.0 Å². The third-order valence-corrected chi connectivity index (χ3v) is 6.93. The van der Waals surface area contributed by atoms with Crippen molar-refractivity contribution in [3.8, 4) is 11.1 Å². The Bertz CT molecular complexity index is 780. The van der Waals surface area contributed by atoms with Crippen molar-refractivity contribution >= 4 is 22.6 Å². The van der Waals surface area contributed by atoms with Crippen molar-refractivity contribution in [1.29, 1.82) is 0 Å². The summed E-state index contributed by atoms with van der Waals surface area (Å²) in [5, 5.41) is 4.17. The second-order valence-corrected chi connectivity index (χ2v) is 10.6. The summed E-state index contributed by atoms with van der Waals surface area (Å²) in [5.74, 6) is 0.450. The highest BCUT2D eigenvalue weighted by Crippen LogP contribution is 2.36. The van der Waals surface area contributed by atoms with Crippen LogP contribution in [-0.4, -0.2) is 22.0 Å². The molecule has 0 saturated carbocycles. The van der Waals surface area contributed by atoms with Crippen molar-refractivity contribution in [3.63, 3.8) is 0 Å². The molecule has 0 aliphatic carbocycles. The van der Waals surface area contributed by atoms with Gasteiger partial charge >= 0.3 is 0 Å². The molecule has 2 aromatic rings. The first-order chi connectivity index (χ1) is 12.9. The molecule has 1 fully saturated rings. The number of piperidine rings is 1. The molecule has 1 heterocycles. The smallest absolute Gasteiger partial charge is 0.0976 e. The van der Waals surface area contributed by atoms with Crippen molar-refractivity contribution in [2.45, 2.75) is 44.4 Å². The van der Waals surface area contributed by atoms with Crippen LogP contribution in [0.1, 0.15) is 45.2 Å². The lowest BCUT2D eigenvalue weighted by Crippen LogP contribution is -2.41. The van der Waals surface area contributed by atoms with Crippen LogP contribution in [0.3, 0.4) is 0 Å². The van der Waals surface area contributed by atoms with E-state index in [2.05, 4.69) is 46.4 Å². The highest BCUT2D eigenvalue weighted by atomic mass is 35.5. The molecule has 2 atom stereocenters. The van der Waals surface area contributed by atoms with Gasteiger partial charge in [0.05, 0.1) is 15.7 Å². The lowest BCUT2D eigenvalue weighted by atomic mass is 9.83. The zero-order valence-corrected chi connectivity index (χ0v) is 17.9. The van der Waals surface area contributed by atoms with Gasteiger partial charge in [0, 0.05) is 11.1 Å². The van der Waals surface area contributed by atoms with Gasteiger partial charge in [-0.3, -0.25) is 0 Å². The van der Waals surface area contributed by atoms with Crippen LogP contribution in [0.2, 0.25) is 5.02 Å². The Labute approximate surface area is 170 Å². The Hall–Kier alpha value is -1.20. The van der Waals surface area contributed by atoms with Crippen molar-refractivity contribution in [1.82, 2.24) is 10.0 Å². The molecule has 146 valence electrons. The summed E-state index contributed by atoms with van der Waals surface area (Å²) in [6.07, 6.45) is 2.15. The molecule has 1 aliphatic rings. The fourth-order valence-electron chi connectivity index (χ4n) is 3.54. The third-order valence-electron chi connectivity index (χ3n) is 5.10. The number of hydrogen-bond donors (Lipinski definition) is 2. The van der Waals surface area contributed by atoms with Crippen LogP contribution >= 0.6 is 11.6 Å². The van der Waals surface area contributed by atoms with Gasteiger partial charge in [-0.05, 0) is 81.4 Å². The minimum atomic E-state index is -1.13. The first-order valence-corrected chi connectivity index (χ1v) is 11.1. The van der Waals surface area contributed by atoms with Crippen molar-refractivity contribution in [3.05, 3.63) is 59.1 Å². The maximum atomic E-state index is 13.0. The summed E-state index contributed by atoms with van der Waals surface area (Å²) in [5.41, 5.74) is 3.53. The Morgan fingerprint density at radius 3 is 2.33 bits per heavy atom. The van der Waals surface area contributed by atoms with E-state index in [1.807, 2.05) is 32.9 Å². The first kappa shape index (κ1) is 20.5. The van der Waals surface area contributed by atoms with Gasteiger partial charge in [0.25, 0.3) is 0 Å². The maximum Gasteiger partial charge on any atom is 0.0976 e. The van der Waals surface area contributed by atoms with Crippen LogP contribution in [0, 0.1) is 5.92 Å². The van der Waals surface area contributed by atoms with Gasteiger partial charge in [0.1, 0.15) is 0 Å². The lowest BCUT2D eigenvalue weighted by molar-refractivity contribution is 0.308. The van der Waals surface area contributed by atoms with Gasteiger partial charge in [-0.1, -0.05) is 48.0 Å². The largest absolute Gasteiger partial charge is 0.317 e. The van der Waals surface area contributed by atoms with Gasteiger partial charge < -0.3 is 5.32 Å². The Morgan fingerprint density at radius 2 is 1.70 bits per heavy atom. The molecular weight excluding hydrogens is 376 g/mol. The van der Waals surface area contributed by atoms with E-state index in [0.717, 1.165) is 36.5 Å². The fourth-order valence-corrected chi connectivity index (χ4v) is 4.57. The molecule has 3 rings (SSSR count). The third kappa shape index (κ3) is 5.20. The highest BCUT2D eigenvalue weighted by molar-refractivity contribution is 7.84. The number of nitrogens with one attached hydrogen (secondary N) is 2. The minimum Gasteiger partial charge on any atom is -0.317 e. The molecule has 0 spiro atoms. The molecule has 3 nitrogen and oxygen atoms in total. The number of halogens is 1. The Kier molecular flexibility index (Phi) is 6.74. The number of rotatable bonds is 5. The van der Waals surface area contributed by atoms with E-state index in [4.69, 9.17) is 11.6 Å². The van der Waals surface area contributed by atoms with Crippen molar-refractivity contribution < 1.29 is 4.21 Å². The van der Waals surface area contributed by atoms with E-state index >= 15 is 0 Å². The summed E-state index contributed by atoms with van der Waals surface area (Å²) < 4.78 is 16.1. The Morgan fingerprint density at radius 1 is 1.07 bits per heavy atom. The van der Waals surface area contributed by atoms with Crippen molar-refractivity contribution in [2.75, 3.05) is 13.1 Å². The molecule has 2 N–H and O–H groups in total. The molecule has 0 bridgehead atoms. The van der Waals surface area contributed by atoms with E-state index in [-0.39, 0.29) is 10.8 Å². The SMILES string of the molecule is CC(C)(C)S(=O)N[C@H](c1ccccc1-c1ccc(Cl)cc1)C1CCNCC1. The maximum absolute atomic E-state index is 13.0. The van der Waals surface area contributed by atoms with Crippen molar-refractivity contribution in [2.24, 2.45) is 5.92 Å². The van der Waals surface area contributed by atoms with E-state index in [1.54, 1.807) is 0 Å². The number of benzene rings is 2. The van der Waals surface area contributed by atoms with Crippen LogP contribution in [0.15, 0.2) is 48.5 Å². The van der Waals surface area contributed by atoms with Gasteiger partial charge in [0.2, 0.25) is 0 Å². The molecule has 5 heteroatoms. The van der Waals surface area contributed by atoms with Gasteiger partial charge in [-0.25, -0.2) is 8.93 Å². The highest BCUT2D eigenvalue weighted by Gasteiger charge is 2.31. The van der Waals surface area contributed by atoms with Gasteiger partial charge in [-0.2, -0.15) is 0 Å². The first-order valence-electron chi connectivity index (χ1n) is 9.60. The van der Waals surface area contributed by atoms with Gasteiger partial charge in [0.15, 0.2) is 0 Å². The average Bonchev–Trinajstić information content (AvgIpc) is 2.66. The molecular formula is C22H29ClN2OS. The predicted octanol–water partition coefficient (Wildman–Crippen LogP) is 5.10. The van der Waals surface area contributed by atoms with E-state index in [9.17, 15) is 4.21 Å². The van der Waals surface area contributed by atoms with Crippen LogP contribution in [0.4, 0.5) is 0 Å². The van der Waals surface area contributed by atoms with Gasteiger partial charge in [-0.15, -0.1) is 0 Å². The average molecular weight is 405 g/mol. The molecule has 0 radical (unpaired) electrons. The van der Waals surface area contributed by atoms with Crippen LogP contribution in [0.25, 0.3) is 11.1 Å². The quantitative estimate of drug-likeness (QED) is 0.727. The second kappa shape index (κ2) is 8.87. The monoisotopic (exact) mass is 404 g/mol. The zero-order chi connectivity index (χ0) is 19.4. The molecule has 27 heavy (non-hydrogen) atoms. The standard InChI is InChI=1S/C22H29ClN2OS/c1-22(2,3)27(26)25-21(17-12-14-24-15-13-17)20-7-5-4-6-19(20)16-8-10-18(23)11-9-16/h4-11,17,21,24-25H,12-15H2,1-3H3/t21-,27?/m0/s1. The Balaban J connectivity index is 2.01. The van der Waals surface area contributed by atoms with E-state index in [1.165, 1.54) is 11.1 Å². The summed E-state index contributed by atoms with van der Waals surface area (Å²) in [4.78, 5) is 0. The molecule has 1 aliphatic heterocycles. The topological polar surface area (TPSA) is 41.1 Å². The second-order valence-electron chi connectivity index (χ2n) is 8.16. The molecule has 1 unspecified atom stereocenters. The zero-order valence-electron chi connectivity index (χ0n) is 16.3. The molecule has 0 aromatic heterocycles. The lowest BCUT2D eigenvalue weighted by Gasteiger charge is -2.34. The van der Waals surface area contributed by atoms with Crippen LogP contribution in [0.5, 0.6) is 0 Å². The summed E-state index contributed by atoms with van der Waals surface area (Å²) in [6, 6.07) is 16.5. The molecule has 2 aromatic carbocycles. The van der Waals surface area contributed by atoms with E-state index in [0.29, 0.717) is 5.92 Å². The normalized spacial score (nSPS) is 18.2. The summed E-state index contributed by atoms with van der Waals surface area (Å²) in [7, 11) is -1.13. The van der Waals surface area contributed by atoms with Crippen LogP contribution in [-0.2, 0) is 11.0 Å². The summed E-state index contributed by atoms with van der Waals surface area (Å²) >= 11 is 6.08. The fraction of sp³-hybridized carbons (Fsp3) is 0.455. The summed E-state index contributed by atoms with van der Waals surface area (Å²) in [6.45, 7) is 8.06. The molecule has 0 amide bonds. The number of hydrogen-bond acceptors (Lipinski definition) is 2. The van der Waals surface area contributed by atoms with E-state index < -0.39 is 11.0 Å². The molecule has 1 saturated heterocycles. The predicted molar refractivity (Wildman–Crippen MR) is 116 cm³/mol. The minimum absolute atomic E-state index is 0.0547.